The van der Waals surface area contributed by atoms with Crippen LogP contribution in [0.1, 0.15) is 24.1 Å². The second-order valence-electron chi connectivity index (χ2n) is 8.95. The van der Waals surface area contributed by atoms with Crippen molar-refractivity contribution in [3.63, 3.8) is 0 Å². The lowest BCUT2D eigenvalue weighted by Crippen LogP contribution is -2.40. The second-order valence-corrected chi connectivity index (χ2v) is 12.6. The van der Waals surface area contributed by atoms with E-state index >= 15 is 0 Å². The number of rotatable bonds is 11. The van der Waals surface area contributed by atoms with E-state index in [-0.39, 0.29) is 28.8 Å². The summed E-state index contributed by atoms with van der Waals surface area (Å²) < 4.78 is 65.6. The topological polar surface area (TPSA) is 131 Å². The average molecular weight is 574 g/mol. The molecule has 3 aromatic carbocycles. The first-order chi connectivity index (χ1) is 18.6. The molecule has 208 valence electrons. The number of hydrogen-bond acceptors (Lipinski definition) is 7. The van der Waals surface area contributed by atoms with E-state index in [9.17, 15) is 21.6 Å². The number of amides is 1. The van der Waals surface area contributed by atoms with Gasteiger partial charge in [0.25, 0.3) is 5.91 Å². The SMILES string of the molecule is C[C@H](NS(=O)(=O)c1ccc(OCC(=O)NCc2ccc(S(=O)(=O)N3CCOCC3)cc2)cc1)c1ccccc1. The van der Waals surface area contributed by atoms with Crippen molar-refractivity contribution in [2.24, 2.45) is 0 Å². The van der Waals surface area contributed by atoms with Crippen molar-refractivity contribution in [2.75, 3.05) is 32.9 Å². The maximum absolute atomic E-state index is 12.7. The van der Waals surface area contributed by atoms with E-state index in [1.807, 2.05) is 30.3 Å². The Morgan fingerprint density at radius 2 is 1.51 bits per heavy atom. The smallest absolute Gasteiger partial charge is 0.258 e. The summed E-state index contributed by atoms with van der Waals surface area (Å²) in [5.74, 6) is -0.0343. The van der Waals surface area contributed by atoms with Gasteiger partial charge in [-0.1, -0.05) is 42.5 Å². The van der Waals surface area contributed by atoms with Gasteiger partial charge in [-0.05, 0) is 54.4 Å². The molecule has 4 rings (SSSR count). The Bertz CT molecular complexity index is 1460. The van der Waals surface area contributed by atoms with Crippen molar-refractivity contribution < 1.29 is 31.1 Å². The fraction of sp³-hybridized carbons (Fsp3) is 0.296. The zero-order valence-corrected chi connectivity index (χ0v) is 23.1. The molecular weight excluding hydrogens is 542 g/mol. The number of carbonyl (C=O) groups excluding carboxylic acids is 1. The highest BCUT2D eigenvalue weighted by molar-refractivity contribution is 7.89. The van der Waals surface area contributed by atoms with Gasteiger partial charge in [-0.15, -0.1) is 0 Å². The van der Waals surface area contributed by atoms with Crippen LogP contribution in [-0.2, 0) is 36.1 Å². The third-order valence-electron chi connectivity index (χ3n) is 6.16. The van der Waals surface area contributed by atoms with Gasteiger partial charge in [0.1, 0.15) is 5.75 Å². The largest absolute Gasteiger partial charge is 0.484 e. The van der Waals surface area contributed by atoms with E-state index in [0.29, 0.717) is 32.1 Å². The number of ether oxygens (including phenoxy) is 2. The van der Waals surface area contributed by atoms with Gasteiger partial charge < -0.3 is 14.8 Å². The van der Waals surface area contributed by atoms with Crippen LogP contribution in [0.4, 0.5) is 0 Å². The standard InChI is InChI=1S/C27H31N3O7S2/c1-21(23-5-3-2-4-6-23)29-38(32,33)25-13-9-24(10-14-25)37-20-27(31)28-19-22-7-11-26(12-8-22)39(34,35)30-15-17-36-18-16-30/h2-14,21,29H,15-20H2,1H3,(H,28,31)/t21-/m0/s1. The molecule has 1 aliphatic heterocycles. The van der Waals surface area contributed by atoms with E-state index in [2.05, 4.69) is 10.0 Å². The third-order valence-corrected chi connectivity index (χ3v) is 9.63. The summed E-state index contributed by atoms with van der Waals surface area (Å²) in [4.78, 5) is 12.5. The quantitative estimate of drug-likeness (QED) is 0.360. The van der Waals surface area contributed by atoms with Crippen LogP contribution in [0.3, 0.4) is 0 Å². The van der Waals surface area contributed by atoms with E-state index in [0.717, 1.165) is 11.1 Å². The average Bonchev–Trinajstić information content (AvgIpc) is 2.96. The van der Waals surface area contributed by atoms with Crippen LogP contribution in [-0.4, -0.2) is 60.0 Å². The summed E-state index contributed by atoms with van der Waals surface area (Å²) in [7, 11) is -7.32. The lowest BCUT2D eigenvalue weighted by Gasteiger charge is -2.26. The highest BCUT2D eigenvalue weighted by Gasteiger charge is 2.26. The molecule has 1 saturated heterocycles. The molecule has 3 aromatic rings. The molecule has 0 saturated carbocycles. The van der Waals surface area contributed by atoms with Gasteiger partial charge in [-0.25, -0.2) is 21.6 Å². The molecule has 1 amide bonds. The van der Waals surface area contributed by atoms with Crippen LogP contribution in [0.25, 0.3) is 0 Å². The summed E-state index contributed by atoms with van der Waals surface area (Å²) >= 11 is 0. The highest BCUT2D eigenvalue weighted by atomic mass is 32.2. The molecule has 1 atom stereocenters. The summed E-state index contributed by atoms with van der Waals surface area (Å²) in [5.41, 5.74) is 1.58. The molecule has 0 aliphatic carbocycles. The summed E-state index contributed by atoms with van der Waals surface area (Å²) in [6.45, 7) is 3.10. The predicted molar refractivity (Wildman–Crippen MR) is 145 cm³/mol. The first kappa shape index (κ1) is 28.7. The monoisotopic (exact) mass is 573 g/mol. The summed E-state index contributed by atoms with van der Waals surface area (Å²) in [6.07, 6.45) is 0. The van der Waals surface area contributed by atoms with Crippen LogP contribution >= 0.6 is 0 Å². The lowest BCUT2D eigenvalue weighted by molar-refractivity contribution is -0.123. The molecule has 0 bridgehead atoms. The van der Waals surface area contributed by atoms with Gasteiger partial charge in [0, 0.05) is 25.7 Å². The molecule has 1 aliphatic rings. The van der Waals surface area contributed by atoms with Crippen LogP contribution in [0.2, 0.25) is 0 Å². The fourth-order valence-electron chi connectivity index (χ4n) is 3.94. The van der Waals surface area contributed by atoms with Crippen LogP contribution in [0.15, 0.2) is 88.7 Å². The molecule has 2 N–H and O–H groups in total. The van der Waals surface area contributed by atoms with Gasteiger partial charge in [-0.2, -0.15) is 4.31 Å². The van der Waals surface area contributed by atoms with E-state index in [1.165, 1.54) is 40.7 Å². The number of nitrogens with one attached hydrogen (secondary N) is 2. The second kappa shape index (κ2) is 12.7. The summed E-state index contributed by atoms with van der Waals surface area (Å²) in [5, 5.41) is 2.72. The maximum atomic E-state index is 12.7. The van der Waals surface area contributed by atoms with Crippen LogP contribution in [0.5, 0.6) is 5.75 Å². The van der Waals surface area contributed by atoms with Gasteiger partial charge in [0.15, 0.2) is 6.61 Å². The molecule has 0 spiro atoms. The molecule has 12 heteroatoms. The number of morpholine rings is 1. The zero-order valence-electron chi connectivity index (χ0n) is 21.4. The van der Waals surface area contributed by atoms with Crippen molar-refractivity contribution in [3.05, 3.63) is 90.0 Å². The van der Waals surface area contributed by atoms with E-state index < -0.39 is 26.1 Å². The van der Waals surface area contributed by atoms with Gasteiger partial charge in [-0.3, -0.25) is 4.79 Å². The predicted octanol–water partition coefficient (Wildman–Crippen LogP) is 2.44. The molecular formula is C27H31N3O7S2. The Hall–Kier alpha value is -3.29. The van der Waals surface area contributed by atoms with Crippen molar-refractivity contribution in [1.29, 1.82) is 0 Å². The number of carbonyl (C=O) groups is 1. The van der Waals surface area contributed by atoms with E-state index in [1.54, 1.807) is 19.1 Å². The van der Waals surface area contributed by atoms with Crippen LogP contribution in [0, 0.1) is 0 Å². The number of hydrogen-bond donors (Lipinski definition) is 2. The molecule has 0 aromatic heterocycles. The van der Waals surface area contributed by atoms with Crippen LogP contribution < -0.4 is 14.8 Å². The zero-order chi connectivity index (χ0) is 27.9. The Morgan fingerprint density at radius 3 is 2.15 bits per heavy atom. The number of nitrogens with zero attached hydrogens (tertiary/aromatic N) is 1. The molecule has 1 heterocycles. The van der Waals surface area contributed by atoms with E-state index in [4.69, 9.17) is 9.47 Å². The minimum atomic E-state index is -3.74. The highest BCUT2D eigenvalue weighted by Crippen LogP contribution is 2.20. The van der Waals surface area contributed by atoms with Crippen molar-refractivity contribution >= 4 is 26.0 Å². The Morgan fingerprint density at radius 1 is 0.897 bits per heavy atom. The third kappa shape index (κ3) is 7.64. The van der Waals surface area contributed by atoms with Crippen molar-refractivity contribution in [3.8, 4) is 5.75 Å². The molecule has 0 unspecified atom stereocenters. The maximum Gasteiger partial charge on any atom is 0.258 e. The normalized spacial score (nSPS) is 15.4. The molecule has 0 radical (unpaired) electrons. The molecule has 1 fully saturated rings. The number of sulfonamides is 2. The molecule has 10 nitrogen and oxygen atoms in total. The Kier molecular flexibility index (Phi) is 9.36. The fourth-order valence-corrected chi connectivity index (χ4v) is 6.58. The number of benzene rings is 3. The molecule has 39 heavy (non-hydrogen) atoms. The van der Waals surface area contributed by atoms with Gasteiger partial charge >= 0.3 is 0 Å². The first-order valence-corrected chi connectivity index (χ1v) is 15.3. The lowest BCUT2D eigenvalue weighted by atomic mass is 10.1. The minimum Gasteiger partial charge on any atom is -0.484 e. The first-order valence-electron chi connectivity index (χ1n) is 12.4. The Balaban J connectivity index is 1.24. The Labute approximate surface area is 229 Å². The van der Waals surface area contributed by atoms with Crippen molar-refractivity contribution in [1.82, 2.24) is 14.3 Å². The van der Waals surface area contributed by atoms with Gasteiger partial charge in [0.2, 0.25) is 20.0 Å². The minimum absolute atomic E-state index is 0.0844. The summed E-state index contributed by atoms with van der Waals surface area (Å²) in [6, 6.07) is 21.0. The van der Waals surface area contributed by atoms with Crippen molar-refractivity contribution in [2.45, 2.75) is 29.3 Å². The van der Waals surface area contributed by atoms with Gasteiger partial charge in [0.05, 0.1) is 23.0 Å².